The highest BCUT2D eigenvalue weighted by Crippen LogP contribution is 2.30. The van der Waals surface area contributed by atoms with Gasteiger partial charge in [-0.3, -0.25) is 4.57 Å². The van der Waals surface area contributed by atoms with Gasteiger partial charge in [0.05, 0.1) is 13.7 Å². The van der Waals surface area contributed by atoms with E-state index in [1.54, 1.807) is 18.9 Å². The molecule has 1 fully saturated rings. The van der Waals surface area contributed by atoms with Crippen molar-refractivity contribution in [3.8, 4) is 11.4 Å². The van der Waals surface area contributed by atoms with E-state index in [1.165, 1.54) is 12.8 Å². The largest absolute Gasteiger partial charge is 0.497 e. The number of hydrogen-bond donors (Lipinski definition) is 2. The lowest BCUT2D eigenvalue weighted by Gasteiger charge is -2.26. The predicted octanol–water partition coefficient (Wildman–Crippen LogP) is 2.34. The minimum Gasteiger partial charge on any atom is -0.497 e. The molecule has 1 heterocycles. The number of nitrogens with zero attached hydrogens (tertiary/aromatic N) is 3. The maximum absolute atomic E-state index is 6.10. The minimum absolute atomic E-state index is 0.350. The molecule has 0 amide bonds. The standard InChI is InChI=1S/C17H25N5OS/c1-23-15-7-5-14(6-8-15)22-16(10-18)20-21-17(22)24-11-12-3-2-4-13(19)9-12/h5-8,12-13H,2-4,9-11,18-19H2,1H3/t12-,13+/m1/s1. The van der Waals surface area contributed by atoms with Gasteiger partial charge >= 0.3 is 0 Å². The van der Waals surface area contributed by atoms with Gasteiger partial charge in [0.25, 0.3) is 0 Å². The number of hydrogen-bond acceptors (Lipinski definition) is 6. The summed E-state index contributed by atoms with van der Waals surface area (Å²) >= 11 is 1.74. The summed E-state index contributed by atoms with van der Waals surface area (Å²) in [5, 5.41) is 9.47. The summed E-state index contributed by atoms with van der Waals surface area (Å²) in [4.78, 5) is 0. The highest BCUT2D eigenvalue weighted by Gasteiger charge is 2.21. The van der Waals surface area contributed by atoms with Gasteiger partial charge in [0.15, 0.2) is 11.0 Å². The molecule has 0 aliphatic heterocycles. The van der Waals surface area contributed by atoms with E-state index in [0.29, 0.717) is 18.5 Å². The Bertz CT molecular complexity index is 658. The van der Waals surface area contributed by atoms with Crippen molar-refractivity contribution in [2.45, 2.75) is 43.4 Å². The average Bonchev–Trinajstić information content (AvgIpc) is 3.03. The van der Waals surface area contributed by atoms with Gasteiger partial charge in [-0.25, -0.2) is 0 Å². The molecular formula is C17H25N5OS. The van der Waals surface area contributed by atoms with Gasteiger partial charge in [0, 0.05) is 17.5 Å². The second-order valence-electron chi connectivity index (χ2n) is 6.24. The molecule has 3 rings (SSSR count). The zero-order valence-electron chi connectivity index (χ0n) is 14.0. The zero-order valence-corrected chi connectivity index (χ0v) is 14.8. The second kappa shape index (κ2) is 8.00. The van der Waals surface area contributed by atoms with Crippen molar-refractivity contribution < 1.29 is 4.74 Å². The Morgan fingerprint density at radius 2 is 2.04 bits per heavy atom. The Hall–Kier alpha value is -1.57. The van der Waals surface area contributed by atoms with E-state index >= 15 is 0 Å². The molecule has 1 saturated carbocycles. The molecule has 1 aromatic heterocycles. The second-order valence-corrected chi connectivity index (χ2v) is 7.23. The molecule has 2 aromatic rings. The maximum atomic E-state index is 6.10. The first kappa shape index (κ1) is 17.3. The molecule has 0 radical (unpaired) electrons. The molecule has 130 valence electrons. The van der Waals surface area contributed by atoms with Crippen LogP contribution in [0.3, 0.4) is 0 Å². The van der Waals surface area contributed by atoms with E-state index in [-0.39, 0.29) is 0 Å². The van der Waals surface area contributed by atoms with E-state index in [1.807, 2.05) is 28.8 Å². The SMILES string of the molecule is COc1ccc(-n2c(CN)nnc2SC[C@@H]2CCC[C@H](N)C2)cc1. The Labute approximate surface area is 147 Å². The molecule has 1 aliphatic rings. The lowest BCUT2D eigenvalue weighted by molar-refractivity contribution is 0.349. The van der Waals surface area contributed by atoms with Crippen molar-refractivity contribution in [1.82, 2.24) is 14.8 Å². The molecule has 2 atom stereocenters. The van der Waals surface area contributed by atoms with Crippen LogP contribution in [0.25, 0.3) is 5.69 Å². The van der Waals surface area contributed by atoms with Crippen LogP contribution in [0, 0.1) is 5.92 Å². The minimum atomic E-state index is 0.350. The molecule has 6 nitrogen and oxygen atoms in total. The lowest BCUT2D eigenvalue weighted by atomic mass is 9.87. The summed E-state index contributed by atoms with van der Waals surface area (Å²) < 4.78 is 7.26. The summed E-state index contributed by atoms with van der Waals surface area (Å²) in [7, 11) is 1.66. The van der Waals surface area contributed by atoms with E-state index in [0.717, 1.165) is 41.0 Å². The smallest absolute Gasteiger partial charge is 0.195 e. The van der Waals surface area contributed by atoms with Crippen LogP contribution in [0.1, 0.15) is 31.5 Å². The van der Waals surface area contributed by atoms with Crippen molar-refractivity contribution in [2.24, 2.45) is 17.4 Å². The normalized spacial score (nSPS) is 21.0. The summed E-state index contributed by atoms with van der Waals surface area (Å²) in [6, 6.07) is 8.22. The summed E-state index contributed by atoms with van der Waals surface area (Å²) in [5.41, 5.74) is 12.9. The molecule has 0 unspecified atom stereocenters. The first-order valence-corrected chi connectivity index (χ1v) is 9.37. The lowest BCUT2D eigenvalue weighted by Crippen LogP contribution is -2.28. The Kier molecular flexibility index (Phi) is 5.76. The topological polar surface area (TPSA) is 92.0 Å². The first-order valence-electron chi connectivity index (χ1n) is 8.38. The molecule has 1 aromatic carbocycles. The van der Waals surface area contributed by atoms with Gasteiger partial charge in [-0.2, -0.15) is 0 Å². The van der Waals surface area contributed by atoms with Crippen molar-refractivity contribution in [2.75, 3.05) is 12.9 Å². The number of ether oxygens (including phenoxy) is 1. The highest BCUT2D eigenvalue weighted by molar-refractivity contribution is 7.99. The van der Waals surface area contributed by atoms with Crippen LogP contribution in [0.4, 0.5) is 0 Å². The highest BCUT2D eigenvalue weighted by atomic mass is 32.2. The fourth-order valence-corrected chi connectivity index (χ4v) is 4.32. The molecule has 0 spiro atoms. The van der Waals surface area contributed by atoms with Crippen LogP contribution in [-0.2, 0) is 6.54 Å². The Morgan fingerprint density at radius 1 is 1.25 bits per heavy atom. The van der Waals surface area contributed by atoms with Crippen LogP contribution in [0.2, 0.25) is 0 Å². The molecular weight excluding hydrogens is 322 g/mol. The third kappa shape index (κ3) is 3.91. The van der Waals surface area contributed by atoms with Crippen LogP contribution in [0.5, 0.6) is 5.75 Å². The van der Waals surface area contributed by atoms with Crippen LogP contribution in [0.15, 0.2) is 29.4 Å². The van der Waals surface area contributed by atoms with Crippen molar-refractivity contribution in [3.05, 3.63) is 30.1 Å². The van der Waals surface area contributed by atoms with Gasteiger partial charge in [-0.05, 0) is 49.4 Å². The van der Waals surface area contributed by atoms with Crippen LogP contribution >= 0.6 is 11.8 Å². The zero-order chi connectivity index (χ0) is 16.9. The number of thioether (sulfide) groups is 1. The monoisotopic (exact) mass is 347 g/mol. The molecule has 7 heteroatoms. The molecule has 1 aliphatic carbocycles. The fourth-order valence-electron chi connectivity index (χ4n) is 3.19. The summed E-state index contributed by atoms with van der Waals surface area (Å²) in [6.45, 7) is 0.355. The van der Waals surface area contributed by atoms with Gasteiger partial charge in [0.2, 0.25) is 0 Å². The molecule has 24 heavy (non-hydrogen) atoms. The van der Waals surface area contributed by atoms with Gasteiger partial charge < -0.3 is 16.2 Å². The van der Waals surface area contributed by atoms with Crippen LogP contribution < -0.4 is 16.2 Å². The van der Waals surface area contributed by atoms with Gasteiger partial charge in [-0.1, -0.05) is 18.2 Å². The summed E-state index contributed by atoms with van der Waals surface area (Å²) in [5.74, 6) is 3.27. The third-order valence-corrected chi connectivity index (χ3v) is 5.65. The van der Waals surface area contributed by atoms with Crippen LogP contribution in [-0.4, -0.2) is 33.7 Å². The van der Waals surface area contributed by atoms with Gasteiger partial charge in [0.1, 0.15) is 5.75 Å². The van der Waals surface area contributed by atoms with Crippen molar-refractivity contribution in [3.63, 3.8) is 0 Å². The Morgan fingerprint density at radius 3 is 2.71 bits per heavy atom. The number of benzene rings is 1. The predicted molar refractivity (Wildman–Crippen MR) is 96.5 cm³/mol. The van der Waals surface area contributed by atoms with E-state index < -0.39 is 0 Å². The number of rotatable bonds is 6. The average molecular weight is 347 g/mol. The third-order valence-electron chi connectivity index (χ3n) is 4.49. The van der Waals surface area contributed by atoms with Gasteiger partial charge in [-0.15, -0.1) is 10.2 Å². The van der Waals surface area contributed by atoms with Crippen molar-refractivity contribution >= 4 is 11.8 Å². The van der Waals surface area contributed by atoms with E-state index in [9.17, 15) is 0 Å². The van der Waals surface area contributed by atoms with E-state index in [2.05, 4.69) is 10.2 Å². The maximum Gasteiger partial charge on any atom is 0.195 e. The Balaban J connectivity index is 1.76. The molecule has 0 saturated heterocycles. The van der Waals surface area contributed by atoms with E-state index in [4.69, 9.17) is 16.2 Å². The molecule has 0 bridgehead atoms. The fraction of sp³-hybridized carbons (Fsp3) is 0.529. The van der Waals surface area contributed by atoms with Crippen molar-refractivity contribution in [1.29, 1.82) is 0 Å². The number of methoxy groups -OCH3 is 1. The number of nitrogens with two attached hydrogens (primary N) is 2. The summed E-state index contributed by atoms with van der Waals surface area (Å²) in [6.07, 6.45) is 4.74. The molecule has 4 N–H and O–H groups in total. The number of aromatic nitrogens is 3. The first-order chi connectivity index (χ1) is 11.7. The quantitative estimate of drug-likeness (QED) is 0.779.